The lowest BCUT2D eigenvalue weighted by Crippen LogP contribution is -2.13. The molecule has 122 valence electrons. The predicted molar refractivity (Wildman–Crippen MR) is 93.7 cm³/mol. The zero-order valence-corrected chi connectivity index (χ0v) is 13.8. The normalized spacial score (nSPS) is 10.4. The van der Waals surface area contributed by atoms with Crippen LogP contribution in [-0.2, 0) is 11.3 Å². The van der Waals surface area contributed by atoms with Crippen LogP contribution >= 0.6 is 12.2 Å². The molecule has 3 aromatic rings. The van der Waals surface area contributed by atoms with E-state index in [9.17, 15) is 4.79 Å². The summed E-state index contributed by atoms with van der Waals surface area (Å²) < 4.78 is 7.50. The van der Waals surface area contributed by atoms with Gasteiger partial charge >= 0.3 is 6.09 Å². The number of H-pyrrole nitrogens is 1. The van der Waals surface area contributed by atoms with Gasteiger partial charge in [-0.1, -0.05) is 36.4 Å². The lowest BCUT2D eigenvalue weighted by atomic mass is 10.2. The van der Waals surface area contributed by atoms with Gasteiger partial charge in [-0.15, -0.1) is 0 Å². The van der Waals surface area contributed by atoms with Crippen molar-refractivity contribution in [1.82, 2.24) is 14.8 Å². The molecule has 0 radical (unpaired) electrons. The van der Waals surface area contributed by atoms with Gasteiger partial charge in [-0.3, -0.25) is 15.0 Å². The van der Waals surface area contributed by atoms with Gasteiger partial charge in [0.05, 0.1) is 5.69 Å². The minimum absolute atomic E-state index is 0.220. The molecule has 0 aliphatic heterocycles. The molecule has 0 atom stereocenters. The fourth-order valence-electron chi connectivity index (χ4n) is 2.28. The van der Waals surface area contributed by atoms with Crippen LogP contribution < -0.4 is 5.32 Å². The second kappa shape index (κ2) is 7.10. The number of carbonyl (C=O) groups excluding carboxylic acids is 1. The number of benzene rings is 2. The third-order valence-electron chi connectivity index (χ3n) is 3.40. The monoisotopic (exact) mass is 340 g/mol. The van der Waals surface area contributed by atoms with Crippen molar-refractivity contribution in [2.24, 2.45) is 0 Å². The molecule has 7 heteroatoms. The Bertz CT molecular complexity index is 902. The summed E-state index contributed by atoms with van der Waals surface area (Å²) in [5.74, 6) is 0.740. The Labute approximate surface area is 144 Å². The summed E-state index contributed by atoms with van der Waals surface area (Å²) in [6.07, 6.45) is -0.511. The smallest absolute Gasteiger partial charge is 0.411 e. The first-order valence-electron chi connectivity index (χ1n) is 7.35. The number of nitrogens with one attached hydrogen (secondary N) is 2. The molecule has 0 saturated heterocycles. The molecule has 0 bridgehead atoms. The predicted octanol–water partition coefficient (Wildman–Crippen LogP) is 3.99. The van der Waals surface area contributed by atoms with Crippen LogP contribution in [0.1, 0.15) is 11.4 Å². The highest BCUT2D eigenvalue weighted by Crippen LogP contribution is 2.16. The number of ether oxygens (including phenoxy) is 1. The van der Waals surface area contributed by atoms with Crippen LogP contribution in [0.4, 0.5) is 10.5 Å². The van der Waals surface area contributed by atoms with Crippen LogP contribution in [-0.4, -0.2) is 20.9 Å². The zero-order valence-electron chi connectivity index (χ0n) is 13.0. The van der Waals surface area contributed by atoms with E-state index in [4.69, 9.17) is 17.0 Å². The van der Waals surface area contributed by atoms with Crippen molar-refractivity contribution < 1.29 is 9.53 Å². The molecule has 0 aliphatic carbocycles. The molecule has 1 aromatic heterocycles. The highest BCUT2D eigenvalue weighted by Gasteiger charge is 2.07. The quantitative estimate of drug-likeness (QED) is 0.705. The van der Waals surface area contributed by atoms with Crippen LogP contribution in [0.3, 0.4) is 0 Å². The molecule has 0 fully saturated rings. The number of nitrogens with zero attached hydrogens (tertiary/aromatic N) is 2. The summed E-state index contributed by atoms with van der Waals surface area (Å²) in [6, 6.07) is 16.8. The first-order chi connectivity index (χ1) is 11.6. The fourth-order valence-corrected chi connectivity index (χ4v) is 2.56. The van der Waals surface area contributed by atoms with E-state index in [2.05, 4.69) is 15.5 Å². The van der Waals surface area contributed by atoms with E-state index in [1.807, 2.05) is 55.5 Å². The summed E-state index contributed by atoms with van der Waals surface area (Å²) >= 11 is 5.21. The molecule has 0 unspecified atom stereocenters. The maximum atomic E-state index is 11.9. The summed E-state index contributed by atoms with van der Waals surface area (Å²) in [5, 5.41) is 9.53. The van der Waals surface area contributed by atoms with E-state index in [0.29, 0.717) is 10.5 Å². The SMILES string of the molecule is Cc1n[nH]c(=S)n1-c1cccc(NC(=O)OCc2ccccc2)c1. The number of aryl methyl sites for hydroxylation is 1. The summed E-state index contributed by atoms with van der Waals surface area (Å²) in [5.41, 5.74) is 2.36. The molecule has 2 aromatic carbocycles. The third kappa shape index (κ3) is 3.69. The minimum atomic E-state index is -0.511. The van der Waals surface area contributed by atoms with Gasteiger partial charge in [-0.25, -0.2) is 4.79 Å². The van der Waals surface area contributed by atoms with E-state index in [1.54, 1.807) is 10.6 Å². The van der Waals surface area contributed by atoms with E-state index in [1.165, 1.54) is 0 Å². The Morgan fingerprint density at radius 1 is 1.25 bits per heavy atom. The van der Waals surface area contributed by atoms with Crippen LogP contribution in [0.5, 0.6) is 0 Å². The van der Waals surface area contributed by atoms with Crippen molar-refractivity contribution in [1.29, 1.82) is 0 Å². The molecule has 2 N–H and O–H groups in total. The molecular formula is C17H16N4O2S. The first-order valence-corrected chi connectivity index (χ1v) is 7.76. The van der Waals surface area contributed by atoms with Gasteiger partial charge in [0.1, 0.15) is 12.4 Å². The maximum absolute atomic E-state index is 11.9. The summed E-state index contributed by atoms with van der Waals surface area (Å²) in [6.45, 7) is 2.07. The first kappa shape index (κ1) is 15.9. The largest absolute Gasteiger partial charge is 0.444 e. The molecule has 0 aliphatic rings. The average Bonchev–Trinajstić information content (AvgIpc) is 2.93. The molecule has 1 heterocycles. The number of carbonyl (C=O) groups is 1. The van der Waals surface area contributed by atoms with Crippen LogP contribution in [0.15, 0.2) is 54.6 Å². The molecule has 24 heavy (non-hydrogen) atoms. The minimum Gasteiger partial charge on any atom is -0.444 e. The van der Waals surface area contributed by atoms with Gasteiger partial charge in [0.25, 0.3) is 0 Å². The van der Waals surface area contributed by atoms with Crippen molar-refractivity contribution in [3.8, 4) is 5.69 Å². The Hall–Kier alpha value is -2.93. The van der Waals surface area contributed by atoms with Gasteiger partial charge in [-0.05, 0) is 42.9 Å². The van der Waals surface area contributed by atoms with Gasteiger partial charge in [0, 0.05) is 5.69 Å². The molecular weight excluding hydrogens is 324 g/mol. The van der Waals surface area contributed by atoms with E-state index >= 15 is 0 Å². The van der Waals surface area contributed by atoms with Gasteiger partial charge in [-0.2, -0.15) is 5.10 Å². The van der Waals surface area contributed by atoms with Gasteiger partial charge in [0.15, 0.2) is 4.77 Å². The van der Waals surface area contributed by atoms with Crippen LogP contribution in [0, 0.1) is 11.7 Å². The van der Waals surface area contributed by atoms with Crippen molar-refractivity contribution in [2.45, 2.75) is 13.5 Å². The maximum Gasteiger partial charge on any atom is 0.411 e. The molecule has 0 saturated carbocycles. The Morgan fingerprint density at radius 3 is 2.75 bits per heavy atom. The van der Waals surface area contributed by atoms with Crippen LogP contribution in [0.25, 0.3) is 5.69 Å². The highest BCUT2D eigenvalue weighted by molar-refractivity contribution is 7.71. The number of hydrogen-bond donors (Lipinski definition) is 2. The second-order valence-corrected chi connectivity index (χ2v) is 5.54. The average molecular weight is 340 g/mol. The molecule has 6 nitrogen and oxygen atoms in total. The number of aromatic nitrogens is 3. The lowest BCUT2D eigenvalue weighted by molar-refractivity contribution is 0.155. The van der Waals surface area contributed by atoms with Crippen LogP contribution in [0.2, 0.25) is 0 Å². The molecule has 3 rings (SSSR count). The second-order valence-electron chi connectivity index (χ2n) is 5.15. The Morgan fingerprint density at radius 2 is 2.04 bits per heavy atom. The molecule has 0 spiro atoms. The standard InChI is InChI=1S/C17H16N4O2S/c1-12-19-20-16(24)21(12)15-9-5-8-14(10-15)18-17(22)23-11-13-6-3-2-4-7-13/h2-10H,11H2,1H3,(H,18,22)(H,20,24). The summed E-state index contributed by atoms with van der Waals surface area (Å²) in [7, 11) is 0. The number of amides is 1. The van der Waals surface area contributed by atoms with Crippen molar-refractivity contribution in [3.63, 3.8) is 0 Å². The third-order valence-corrected chi connectivity index (χ3v) is 3.68. The number of anilines is 1. The fraction of sp³-hybridized carbons (Fsp3) is 0.118. The topological polar surface area (TPSA) is 71.9 Å². The van der Waals surface area contributed by atoms with Gasteiger partial charge in [0.2, 0.25) is 0 Å². The lowest BCUT2D eigenvalue weighted by Gasteiger charge is -2.09. The number of hydrogen-bond acceptors (Lipinski definition) is 4. The summed E-state index contributed by atoms with van der Waals surface area (Å²) in [4.78, 5) is 11.9. The van der Waals surface area contributed by atoms with E-state index < -0.39 is 6.09 Å². The van der Waals surface area contributed by atoms with Crippen molar-refractivity contribution in [2.75, 3.05) is 5.32 Å². The highest BCUT2D eigenvalue weighted by atomic mass is 32.1. The van der Waals surface area contributed by atoms with E-state index in [0.717, 1.165) is 17.1 Å². The molecule has 1 amide bonds. The zero-order chi connectivity index (χ0) is 16.9. The van der Waals surface area contributed by atoms with Gasteiger partial charge < -0.3 is 4.74 Å². The van der Waals surface area contributed by atoms with Crippen molar-refractivity contribution >= 4 is 24.0 Å². The number of rotatable bonds is 4. The van der Waals surface area contributed by atoms with Crippen molar-refractivity contribution in [3.05, 3.63) is 70.8 Å². The Kier molecular flexibility index (Phi) is 4.72. The Balaban J connectivity index is 1.69. The van der Waals surface area contributed by atoms with E-state index in [-0.39, 0.29) is 6.61 Å². The number of aromatic amines is 1.